The third-order valence-electron chi connectivity index (χ3n) is 6.91. The summed E-state index contributed by atoms with van der Waals surface area (Å²) in [5.41, 5.74) is 3.91. The number of carbonyl (C=O) groups excluding carboxylic acids is 2. The van der Waals surface area contributed by atoms with E-state index in [-0.39, 0.29) is 26.6 Å². The summed E-state index contributed by atoms with van der Waals surface area (Å²) < 4.78 is 10.9. The fraction of sp³-hybridized carbons (Fsp3) is 0.310. The number of aliphatic hydroxyl groups is 1. The highest BCUT2D eigenvalue weighted by atomic mass is 16.7. The van der Waals surface area contributed by atoms with Crippen LogP contribution in [0.25, 0.3) is 11.1 Å². The quantitative estimate of drug-likeness (QED) is 0.444. The lowest BCUT2D eigenvalue weighted by Crippen LogP contribution is -2.46. The van der Waals surface area contributed by atoms with Crippen LogP contribution >= 0.6 is 0 Å². The number of carbonyl (C=O) groups is 2. The standard InChI is InChI=1S/C29H30N2O5.H2/c1-18-4-10-22(15-23(18)19-5-7-20(8-6-19)26(33)31-28(2,3)16-32)30-27(34)29(12-13-29)21-9-11-24-25(14-21)36-17-35-24;/h4-11,14-15,32H,12-13,16-17H2,1-3H3,(H,30,34)(H,31,33);1H. The first-order valence-electron chi connectivity index (χ1n) is 12.1. The normalized spacial score (nSPS) is 15.3. The molecule has 3 aromatic rings. The molecule has 0 aromatic heterocycles. The zero-order chi connectivity index (χ0) is 25.5. The maximum absolute atomic E-state index is 13.3. The second-order valence-electron chi connectivity index (χ2n) is 10.2. The molecular weight excluding hydrogens is 456 g/mol. The Morgan fingerprint density at radius 2 is 1.72 bits per heavy atom. The lowest BCUT2D eigenvalue weighted by atomic mass is 9.94. The van der Waals surface area contributed by atoms with Crippen molar-refractivity contribution in [3.8, 4) is 22.6 Å². The van der Waals surface area contributed by atoms with Gasteiger partial charge in [0.25, 0.3) is 5.91 Å². The van der Waals surface area contributed by atoms with Gasteiger partial charge < -0.3 is 25.2 Å². The van der Waals surface area contributed by atoms with Crippen LogP contribution in [0.2, 0.25) is 0 Å². The van der Waals surface area contributed by atoms with Crippen molar-refractivity contribution in [3.63, 3.8) is 0 Å². The number of hydrogen-bond acceptors (Lipinski definition) is 5. The van der Waals surface area contributed by atoms with E-state index in [2.05, 4.69) is 10.6 Å². The van der Waals surface area contributed by atoms with E-state index in [1.165, 1.54) is 0 Å². The average molecular weight is 489 g/mol. The van der Waals surface area contributed by atoms with Crippen LogP contribution in [0.5, 0.6) is 11.5 Å². The summed E-state index contributed by atoms with van der Waals surface area (Å²) in [5, 5.41) is 15.3. The number of hydrogen-bond donors (Lipinski definition) is 3. The van der Waals surface area contributed by atoms with Gasteiger partial charge >= 0.3 is 0 Å². The van der Waals surface area contributed by atoms with Crippen LogP contribution in [-0.2, 0) is 10.2 Å². The summed E-state index contributed by atoms with van der Waals surface area (Å²) in [6, 6.07) is 18.9. The van der Waals surface area contributed by atoms with Crippen molar-refractivity contribution >= 4 is 17.5 Å². The Kier molecular flexibility index (Phi) is 5.96. The van der Waals surface area contributed by atoms with Crippen molar-refractivity contribution in [3.05, 3.63) is 77.4 Å². The molecule has 2 aliphatic rings. The minimum Gasteiger partial charge on any atom is -0.454 e. The van der Waals surface area contributed by atoms with Gasteiger partial charge in [0.05, 0.1) is 17.6 Å². The number of rotatable bonds is 7. The Morgan fingerprint density at radius 3 is 2.42 bits per heavy atom. The molecule has 1 heterocycles. The van der Waals surface area contributed by atoms with Crippen molar-refractivity contribution in [1.29, 1.82) is 0 Å². The number of amides is 2. The summed E-state index contributed by atoms with van der Waals surface area (Å²) >= 11 is 0. The third kappa shape index (κ3) is 4.54. The summed E-state index contributed by atoms with van der Waals surface area (Å²) in [5.74, 6) is 1.12. The summed E-state index contributed by atoms with van der Waals surface area (Å²) in [6.07, 6.45) is 1.57. The van der Waals surface area contributed by atoms with Crippen LogP contribution in [0.15, 0.2) is 60.7 Å². The SMILES string of the molecule is Cc1ccc(NC(=O)C2(c3ccc4c(c3)OCO4)CC2)cc1-c1ccc(C(=O)NC(C)(C)CO)cc1.[HH]. The minimum atomic E-state index is -0.696. The van der Waals surface area contributed by atoms with Gasteiger partial charge in [-0.25, -0.2) is 0 Å². The molecule has 1 fully saturated rings. The van der Waals surface area contributed by atoms with Crippen LogP contribution in [0.1, 0.15) is 49.6 Å². The highest BCUT2D eigenvalue weighted by Gasteiger charge is 2.51. The second kappa shape index (κ2) is 8.99. The lowest BCUT2D eigenvalue weighted by molar-refractivity contribution is -0.118. The molecule has 7 nitrogen and oxygen atoms in total. The second-order valence-corrected chi connectivity index (χ2v) is 10.2. The average Bonchev–Trinajstić information content (AvgIpc) is 3.56. The molecule has 5 rings (SSSR count). The number of aliphatic hydroxyl groups excluding tert-OH is 1. The zero-order valence-corrected chi connectivity index (χ0v) is 20.7. The highest BCUT2D eigenvalue weighted by molar-refractivity contribution is 6.02. The van der Waals surface area contributed by atoms with Crippen molar-refractivity contribution in [2.45, 2.75) is 44.6 Å². The molecule has 1 aliphatic heterocycles. The van der Waals surface area contributed by atoms with Gasteiger partial charge in [0, 0.05) is 12.7 Å². The fourth-order valence-electron chi connectivity index (χ4n) is 4.45. The first-order chi connectivity index (χ1) is 17.2. The molecule has 0 unspecified atom stereocenters. The molecule has 0 atom stereocenters. The fourth-order valence-corrected chi connectivity index (χ4v) is 4.45. The maximum atomic E-state index is 13.3. The smallest absolute Gasteiger partial charge is 0.251 e. The number of benzene rings is 3. The van der Waals surface area contributed by atoms with Crippen molar-refractivity contribution in [1.82, 2.24) is 5.32 Å². The Hall–Kier alpha value is -3.84. The van der Waals surface area contributed by atoms with E-state index in [1.807, 2.05) is 55.5 Å². The van der Waals surface area contributed by atoms with Crippen molar-refractivity contribution in [2.75, 3.05) is 18.7 Å². The molecule has 2 amide bonds. The Morgan fingerprint density at radius 1 is 1.00 bits per heavy atom. The summed E-state index contributed by atoms with van der Waals surface area (Å²) in [4.78, 5) is 25.8. The van der Waals surface area contributed by atoms with E-state index >= 15 is 0 Å². The number of nitrogens with one attached hydrogen (secondary N) is 2. The van der Waals surface area contributed by atoms with Crippen LogP contribution in [0, 0.1) is 6.92 Å². The first-order valence-corrected chi connectivity index (χ1v) is 12.1. The molecule has 0 spiro atoms. The van der Waals surface area contributed by atoms with Crippen LogP contribution < -0.4 is 20.1 Å². The third-order valence-corrected chi connectivity index (χ3v) is 6.91. The van der Waals surface area contributed by atoms with Crippen LogP contribution in [0.3, 0.4) is 0 Å². The number of ether oxygens (including phenoxy) is 2. The van der Waals surface area contributed by atoms with Crippen LogP contribution in [-0.4, -0.2) is 35.9 Å². The molecule has 1 saturated carbocycles. The predicted molar refractivity (Wildman–Crippen MR) is 139 cm³/mol. The van der Waals surface area contributed by atoms with E-state index in [1.54, 1.807) is 26.0 Å². The summed E-state index contributed by atoms with van der Waals surface area (Å²) in [7, 11) is 0. The molecular formula is C29H32N2O5. The maximum Gasteiger partial charge on any atom is 0.251 e. The van der Waals surface area contributed by atoms with Crippen molar-refractivity contribution in [2.24, 2.45) is 0 Å². The zero-order valence-electron chi connectivity index (χ0n) is 20.7. The summed E-state index contributed by atoms with van der Waals surface area (Å²) in [6.45, 7) is 5.60. The van der Waals surface area contributed by atoms with Gasteiger partial charge in [0.15, 0.2) is 11.5 Å². The van der Waals surface area contributed by atoms with Gasteiger partial charge in [-0.2, -0.15) is 0 Å². The van der Waals surface area contributed by atoms with Gasteiger partial charge in [-0.3, -0.25) is 9.59 Å². The molecule has 0 saturated heterocycles. The van der Waals surface area contributed by atoms with Gasteiger partial charge in [-0.1, -0.05) is 24.3 Å². The van der Waals surface area contributed by atoms with Gasteiger partial charge in [-0.05, 0) is 92.3 Å². The van der Waals surface area contributed by atoms with Gasteiger partial charge in [-0.15, -0.1) is 0 Å². The number of fused-ring (bicyclic) bond motifs is 1. The van der Waals surface area contributed by atoms with Gasteiger partial charge in [0.1, 0.15) is 0 Å². The molecule has 188 valence electrons. The molecule has 3 aromatic carbocycles. The van der Waals surface area contributed by atoms with E-state index in [4.69, 9.17) is 9.47 Å². The predicted octanol–water partition coefficient (Wildman–Crippen LogP) is 4.81. The molecule has 1 aliphatic carbocycles. The molecule has 7 heteroatoms. The van der Waals surface area contributed by atoms with Crippen molar-refractivity contribution < 1.29 is 25.6 Å². The Labute approximate surface area is 211 Å². The number of anilines is 1. The monoisotopic (exact) mass is 488 g/mol. The minimum absolute atomic E-state index is 0. The highest BCUT2D eigenvalue weighted by Crippen LogP contribution is 2.51. The molecule has 36 heavy (non-hydrogen) atoms. The Bertz CT molecular complexity index is 1330. The topological polar surface area (TPSA) is 96.9 Å². The van der Waals surface area contributed by atoms with E-state index in [0.29, 0.717) is 17.1 Å². The number of aryl methyl sites for hydroxylation is 1. The lowest BCUT2D eigenvalue weighted by Gasteiger charge is -2.23. The molecule has 3 N–H and O–H groups in total. The van der Waals surface area contributed by atoms with Gasteiger partial charge in [0.2, 0.25) is 12.7 Å². The molecule has 0 radical (unpaired) electrons. The Balaban J connectivity index is 0.00000320. The van der Waals surface area contributed by atoms with E-state index in [9.17, 15) is 14.7 Å². The van der Waals surface area contributed by atoms with E-state index in [0.717, 1.165) is 40.8 Å². The van der Waals surface area contributed by atoms with E-state index < -0.39 is 11.0 Å². The van der Waals surface area contributed by atoms with Crippen LogP contribution in [0.4, 0.5) is 5.69 Å². The first kappa shape index (κ1) is 23.9. The largest absolute Gasteiger partial charge is 0.454 e. The molecule has 0 bridgehead atoms.